The number of phenols is 5. The van der Waals surface area contributed by atoms with Gasteiger partial charge in [-0.15, -0.1) is 0 Å². The van der Waals surface area contributed by atoms with Gasteiger partial charge in [0.2, 0.25) is 6.29 Å². The Morgan fingerprint density at radius 3 is 2.09 bits per heavy atom. The second kappa shape index (κ2) is 9.62. The maximum absolute atomic E-state index is 10.3. The highest BCUT2D eigenvalue weighted by molar-refractivity contribution is 5.70. The molecular formula is C21H22ClO12-. The molecule has 34 heavy (non-hydrogen) atoms. The molecule has 2 aliphatic rings. The van der Waals surface area contributed by atoms with Gasteiger partial charge in [0.15, 0.2) is 23.4 Å². The normalized spacial score (nSPS) is 28.2. The summed E-state index contributed by atoms with van der Waals surface area (Å²) in [5.74, 6) is -2.95. The zero-order chi connectivity index (χ0) is 24.0. The van der Waals surface area contributed by atoms with E-state index >= 15 is 0 Å². The highest BCUT2D eigenvalue weighted by atomic mass is 35.5. The maximum Gasteiger partial charge on any atom is 0.228 e. The largest absolute Gasteiger partial charge is 1.00 e. The number of aromatic hydroxyl groups is 5. The van der Waals surface area contributed by atoms with E-state index in [1.807, 2.05) is 0 Å². The molecule has 9 N–H and O–H groups in total. The minimum atomic E-state index is -1.75. The van der Waals surface area contributed by atoms with Gasteiger partial charge in [-0.3, -0.25) is 0 Å². The number of halogens is 1. The zero-order valence-corrected chi connectivity index (χ0v) is 17.9. The molecule has 0 bridgehead atoms. The van der Waals surface area contributed by atoms with Gasteiger partial charge in [0.1, 0.15) is 47.4 Å². The fraction of sp³-hybridized carbons (Fsp3) is 0.333. The topological polar surface area (TPSA) is 210 Å². The summed E-state index contributed by atoms with van der Waals surface area (Å²) in [6, 6.07) is 4.38. The fourth-order valence-corrected chi connectivity index (χ4v) is 3.65. The van der Waals surface area contributed by atoms with Crippen LogP contribution in [-0.2, 0) is 9.47 Å². The van der Waals surface area contributed by atoms with Crippen molar-refractivity contribution in [2.75, 3.05) is 6.61 Å². The molecular weight excluding hydrogens is 480 g/mol. The Labute approximate surface area is 198 Å². The fourth-order valence-electron chi connectivity index (χ4n) is 3.65. The summed E-state index contributed by atoms with van der Waals surface area (Å²) >= 11 is 0. The molecule has 2 heterocycles. The van der Waals surface area contributed by atoms with E-state index in [0.717, 1.165) is 18.2 Å². The van der Waals surface area contributed by atoms with Gasteiger partial charge in [-0.25, -0.2) is 0 Å². The van der Waals surface area contributed by atoms with Crippen LogP contribution in [-0.4, -0.2) is 83.3 Å². The molecule has 186 valence electrons. The SMILES string of the molecule is OC[C@H]1O[C@@H](OC2=Cc3c(O)cc(O)cc3OC2c2cc(O)c(O)c(O)c2)[C@H](O)[C@@H](O)[C@H]1O.[Cl-]. The molecule has 0 saturated carbocycles. The lowest BCUT2D eigenvalue weighted by atomic mass is 9.98. The number of fused-ring (bicyclic) bond motifs is 1. The Hall–Kier alpha value is -3.13. The number of aliphatic hydroxyl groups is 4. The highest BCUT2D eigenvalue weighted by Crippen LogP contribution is 2.46. The minimum Gasteiger partial charge on any atom is -1.00 e. The predicted octanol–water partition coefficient (Wildman–Crippen LogP) is -3.49. The van der Waals surface area contributed by atoms with Crippen LogP contribution in [0.4, 0.5) is 0 Å². The molecule has 0 aromatic heterocycles. The summed E-state index contributed by atoms with van der Waals surface area (Å²) in [6.45, 7) is -0.688. The first-order chi connectivity index (χ1) is 15.6. The Kier molecular flexibility index (Phi) is 7.21. The van der Waals surface area contributed by atoms with E-state index in [1.54, 1.807) is 0 Å². The van der Waals surface area contributed by atoms with Crippen molar-refractivity contribution in [2.45, 2.75) is 36.8 Å². The van der Waals surface area contributed by atoms with Gasteiger partial charge in [0, 0.05) is 17.7 Å². The standard InChI is InChI=1S/C21H22O12.ClH/c22-6-15-17(28)18(29)19(30)21(33-15)32-14-5-9-10(24)3-8(23)4-13(9)31-20(14)7-1-11(25)16(27)12(26)2-7;/h1-5,15,17-30H,6H2;1H/p-1/t15-,17+,18+,19-,20?,21-;/m1./s1. The van der Waals surface area contributed by atoms with Crippen LogP contribution in [0.3, 0.4) is 0 Å². The van der Waals surface area contributed by atoms with Crippen LogP contribution in [0.15, 0.2) is 30.0 Å². The summed E-state index contributed by atoms with van der Waals surface area (Å²) in [5, 5.41) is 89.2. The predicted molar refractivity (Wildman–Crippen MR) is 107 cm³/mol. The molecule has 0 amide bonds. The first kappa shape index (κ1) is 25.5. The van der Waals surface area contributed by atoms with E-state index in [1.165, 1.54) is 12.1 Å². The van der Waals surface area contributed by atoms with Crippen LogP contribution < -0.4 is 17.1 Å². The average Bonchev–Trinajstić information content (AvgIpc) is 2.77. The number of benzene rings is 2. The Bertz CT molecular complexity index is 1060. The lowest BCUT2D eigenvalue weighted by Gasteiger charge is -2.41. The van der Waals surface area contributed by atoms with E-state index in [0.29, 0.717) is 0 Å². The molecule has 1 unspecified atom stereocenters. The van der Waals surface area contributed by atoms with Gasteiger partial charge in [0.05, 0.1) is 12.2 Å². The average molecular weight is 502 g/mol. The van der Waals surface area contributed by atoms with Gasteiger partial charge in [-0.2, -0.15) is 0 Å². The van der Waals surface area contributed by atoms with E-state index in [-0.39, 0.29) is 46.5 Å². The molecule has 0 radical (unpaired) electrons. The zero-order valence-electron chi connectivity index (χ0n) is 17.2. The minimum absolute atomic E-state index is 0. The van der Waals surface area contributed by atoms with Crippen molar-refractivity contribution in [3.8, 4) is 34.5 Å². The Balaban J connectivity index is 0.00000324. The monoisotopic (exact) mass is 501 g/mol. The van der Waals surface area contributed by atoms with E-state index in [4.69, 9.17) is 14.2 Å². The van der Waals surface area contributed by atoms with E-state index in [2.05, 4.69) is 0 Å². The van der Waals surface area contributed by atoms with Crippen molar-refractivity contribution in [3.63, 3.8) is 0 Å². The third kappa shape index (κ3) is 4.46. The summed E-state index contributed by atoms with van der Waals surface area (Å²) in [6.07, 6.45) is -7.92. The molecule has 1 saturated heterocycles. The van der Waals surface area contributed by atoms with Crippen molar-refractivity contribution in [1.82, 2.24) is 0 Å². The molecule has 2 aliphatic heterocycles. The maximum atomic E-state index is 10.3. The van der Waals surface area contributed by atoms with Crippen LogP contribution in [0.2, 0.25) is 0 Å². The Morgan fingerprint density at radius 2 is 1.47 bits per heavy atom. The smallest absolute Gasteiger partial charge is 0.228 e. The molecule has 2 aromatic rings. The lowest BCUT2D eigenvalue weighted by molar-refractivity contribution is -0.293. The van der Waals surface area contributed by atoms with Crippen molar-refractivity contribution < 1.29 is 72.6 Å². The van der Waals surface area contributed by atoms with Gasteiger partial charge >= 0.3 is 0 Å². The summed E-state index contributed by atoms with van der Waals surface area (Å²) in [5.41, 5.74) is 0.142. The van der Waals surface area contributed by atoms with Crippen LogP contribution in [0.1, 0.15) is 17.2 Å². The second-order valence-corrected chi connectivity index (χ2v) is 7.64. The molecule has 1 fully saturated rings. The van der Waals surface area contributed by atoms with Gasteiger partial charge in [-0.05, 0) is 18.2 Å². The first-order valence-corrected chi connectivity index (χ1v) is 9.77. The summed E-state index contributed by atoms with van der Waals surface area (Å²) in [4.78, 5) is 0. The van der Waals surface area contributed by atoms with Crippen LogP contribution in [0, 0.1) is 0 Å². The molecule has 0 spiro atoms. The van der Waals surface area contributed by atoms with Crippen molar-refractivity contribution in [2.24, 2.45) is 0 Å². The highest BCUT2D eigenvalue weighted by Gasteiger charge is 2.46. The molecule has 13 heteroatoms. The van der Waals surface area contributed by atoms with Crippen molar-refractivity contribution in [1.29, 1.82) is 0 Å². The third-order valence-electron chi connectivity index (χ3n) is 5.39. The number of aliphatic hydroxyl groups excluding tert-OH is 4. The van der Waals surface area contributed by atoms with Gasteiger partial charge in [-0.1, -0.05) is 0 Å². The molecule has 4 rings (SSSR count). The van der Waals surface area contributed by atoms with Crippen molar-refractivity contribution >= 4 is 6.08 Å². The van der Waals surface area contributed by atoms with Crippen LogP contribution in [0.5, 0.6) is 34.5 Å². The first-order valence-electron chi connectivity index (χ1n) is 9.77. The second-order valence-electron chi connectivity index (χ2n) is 7.64. The summed E-state index contributed by atoms with van der Waals surface area (Å²) < 4.78 is 16.9. The molecule has 2 aromatic carbocycles. The van der Waals surface area contributed by atoms with Crippen LogP contribution in [0.25, 0.3) is 6.08 Å². The quantitative estimate of drug-likeness (QED) is 0.187. The number of phenolic OH excluding ortho intramolecular Hbond substituents is 5. The van der Waals surface area contributed by atoms with Gasteiger partial charge < -0.3 is 72.6 Å². The number of rotatable bonds is 4. The Morgan fingerprint density at radius 1 is 0.824 bits per heavy atom. The van der Waals surface area contributed by atoms with Crippen LogP contribution >= 0.6 is 0 Å². The van der Waals surface area contributed by atoms with Gasteiger partial charge in [0.25, 0.3) is 0 Å². The molecule has 6 atom stereocenters. The number of ether oxygens (including phenoxy) is 3. The lowest BCUT2D eigenvalue weighted by Crippen LogP contribution is -3.00. The third-order valence-corrected chi connectivity index (χ3v) is 5.39. The molecule has 12 nitrogen and oxygen atoms in total. The number of hydrogen-bond acceptors (Lipinski definition) is 12. The van der Waals surface area contributed by atoms with Crippen molar-refractivity contribution in [3.05, 3.63) is 41.2 Å². The van der Waals surface area contributed by atoms with E-state index < -0.39 is 60.7 Å². The number of hydrogen-bond donors (Lipinski definition) is 9. The van der Waals surface area contributed by atoms with E-state index in [9.17, 15) is 46.0 Å². The summed E-state index contributed by atoms with van der Waals surface area (Å²) in [7, 11) is 0. The molecule has 0 aliphatic carbocycles.